The van der Waals surface area contributed by atoms with E-state index in [4.69, 9.17) is 0 Å². The van der Waals surface area contributed by atoms with Gasteiger partial charge in [-0.2, -0.15) is 5.10 Å². The van der Waals surface area contributed by atoms with E-state index in [0.29, 0.717) is 12.5 Å². The number of nitrogens with one attached hydrogen (secondary N) is 2. The molecule has 1 aliphatic rings. The number of carbonyl (C=O) groups excluding carboxylic acids is 1. The van der Waals surface area contributed by atoms with E-state index >= 15 is 0 Å². The average Bonchev–Trinajstić information content (AvgIpc) is 3.05. The topological polar surface area (TPSA) is 79.2 Å². The summed E-state index contributed by atoms with van der Waals surface area (Å²) >= 11 is 0. The van der Waals surface area contributed by atoms with Crippen molar-refractivity contribution in [1.82, 2.24) is 20.4 Å². The highest BCUT2D eigenvalue weighted by atomic mass is 16.3. The minimum atomic E-state index is -0.0255. The molecule has 1 aromatic heterocycles. The van der Waals surface area contributed by atoms with Crippen molar-refractivity contribution in [2.75, 3.05) is 19.6 Å². The summed E-state index contributed by atoms with van der Waals surface area (Å²) < 4.78 is 1.81. The summed E-state index contributed by atoms with van der Waals surface area (Å²) in [4.78, 5) is 12.2. The molecule has 0 unspecified atom stereocenters. The van der Waals surface area contributed by atoms with Crippen molar-refractivity contribution in [3.8, 4) is 5.75 Å². The summed E-state index contributed by atoms with van der Waals surface area (Å²) in [5.74, 6) is 0.666. The molecule has 0 radical (unpaired) electrons. The standard InChI is InChI=1S/C18H24N4O2/c23-16-5-3-14(4-6-16)7-10-20-18(24)13-22-17(8-11-21-22)15-2-1-9-19-12-15/h3-6,8,11,15,19,23H,1-2,7,9-10,12-13H2,(H,20,24)/t15-/m1/s1. The van der Waals surface area contributed by atoms with Gasteiger partial charge >= 0.3 is 0 Å². The van der Waals surface area contributed by atoms with Crippen molar-refractivity contribution >= 4 is 5.91 Å². The Morgan fingerprint density at radius 1 is 1.33 bits per heavy atom. The fourth-order valence-corrected chi connectivity index (χ4v) is 3.13. The number of aromatic hydroxyl groups is 1. The van der Waals surface area contributed by atoms with Gasteiger partial charge in [0.25, 0.3) is 0 Å². The van der Waals surface area contributed by atoms with Crippen LogP contribution in [0.25, 0.3) is 0 Å². The van der Waals surface area contributed by atoms with E-state index in [0.717, 1.165) is 43.6 Å². The molecule has 1 amide bonds. The number of hydrogen-bond acceptors (Lipinski definition) is 4. The van der Waals surface area contributed by atoms with Gasteiger partial charge in [0.2, 0.25) is 5.91 Å². The molecule has 3 N–H and O–H groups in total. The molecule has 24 heavy (non-hydrogen) atoms. The number of benzene rings is 1. The second-order valence-electron chi connectivity index (χ2n) is 6.22. The lowest BCUT2D eigenvalue weighted by atomic mass is 9.96. The van der Waals surface area contributed by atoms with E-state index in [2.05, 4.69) is 15.7 Å². The van der Waals surface area contributed by atoms with E-state index in [9.17, 15) is 9.90 Å². The van der Waals surface area contributed by atoms with Crippen LogP contribution >= 0.6 is 0 Å². The van der Waals surface area contributed by atoms with Crippen molar-refractivity contribution < 1.29 is 9.90 Å². The third-order valence-electron chi connectivity index (χ3n) is 4.43. The Labute approximate surface area is 141 Å². The molecular formula is C18H24N4O2. The molecule has 1 atom stereocenters. The van der Waals surface area contributed by atoms with E-state index in [1.807, 2.05) is 22.9 Å². The van der Waals surface area contributed by atoms with Gasteiger partial charge in [-0.25, -0.2) is 0 Å². The summed E-state index contributed by atoms with van der Waals surface area (Å²) in [5.41, 5.74) is 2.22. The molecule has 6 nitrogen and oxygen atoms in total. The van der Waals surface area contributed by atoms with Crippen molar-refractivity contribution in [2.45, 2.75) is 31.7 Å². The number of nitrogens with zero attached hydrogens (tertiary/aromatic N) is 2. The average molecular weight is 328 g/mol. The van der Waals surface area contributed by atoms with Crippen LogP contribution in [0.4, 0.5) is 0 Å². The van der Waals surface area contributed by atoms with Gasteiger partial charge in [-0.1, -0.05) is 12.1 Å². The monoisotopic (exact) mass is 328 g/mol. The van der Waals surface area contributed by atoms with Crippen LogP contribution in [0.1, 0.15) is 30.0 Å². The van der Waals surface area contributed by atoms with Crippen LogP contribution in [0, 0.1) is 0 Å². The van der Waals surface area contributed by atoms with Crippen LogP contribution in [0.3, 0.4) is 0 Å². The van der Waals surface area contributed by atoms with Crippen molar-refractivity contribution in [2.24, 2.45) is 0 Å². The number of rotatable bonds is 6. The van der Waals surface area contributed by atoms with E-state index in [1.165, 1.54) is 0 Å². The van der Waals surface area contributed by atoms with Crippen molar-refractivity contribution in [1.29, 1.82) is 0 Å². The van der Waals surface area contributed by atoms with Crippen molar-refractivity contribution in [3.05, 3.63) is 47.8 Å². The molecule has 1 aliphatic heterocycles. The minimum absolute atomic E-state index is 0.0255. The lowest BCUT2D eigenvalue weighted by Crippen LogP contribution is -2.33. The molecule has 3 rings (SSSR count). The molecule has 6 heteroatoms. The summed E-state index contributed by atoms with van der Waals surface area (Å²) in [5, 5.41) is 19.9. The first-order valence-corrected chi connectivity index (χ1v) is 8.49. The first-order valence-electron chi connectivity index (χ1n) is 8.49. The Kier molecular flexibility index (Phi) is 5.48. The molecule has 0 aliphatic carbocycles. The van der Waals surface area contributed by atoms with Gasteiger partial charge in [0.15, 0.2) is 0 Å². The number of carbonyl (C=O) groups is 1. The van der Waals surface area contributed by atoms with Crippen LogP contribution < -0.4 is 10.6 Å². The third-order valence-corrected chi connectivity index (χ3v) is 4.43. The molecule has 0 bridgehead atoms. The fraction of sp³-hybridized carbons (Fsp3) is 0.444. The molecule has 1 fully saturated rings. The van der Waals surface area contributed by atoms with E-state index in [-0.39, 0.29) is 18.2 Å². The second-order valence-corrected chi connectivity index (χ2v) is 6.22. The Morgan fingerprint density at radius 3 is 2.92 bits per heavy atom. The summed E-state index contributed by atoms with van der Waals surface area (Å²) in [6.07, 6.45) is 4.81. The Morgan fingerprint density at radius 2 is 2.17 bits per heavy atom. The largest absolute Gasteiger partial charge is 0.508 e. The van der Waals surface area contributed by atoms with Gasteiger partial charge in [-0.05, 0) is 49.6 Å². The molecule has 2 heterocycles. The van der Waals surface area contributed by atoms with Gasteiger partial charge < -0.3 is 15.7 Å². The van der Waals surface area contributed by atoms with Gasteiger partial charge in [-0.3, -0.25) is 9.48 Å². The number of phenolic OH excluding ortho intramolecular Hbond substituents is 1. The highest BCUT2D eigenvalue weighted by molar-refractivity contribution is 5.75. The number of aromatic nitrogens is 2. The molecule has 0 saturated carbocycles. The summed E-state index contributed by atoms with van der Waals surface area (Å²) in [6, 6.07) is 9.06. The minimum Gasteiger partial charge on any atom is -0.508 e. The molecule has 128 valence electrons. The zero-order valence-electron chi connectivity index (χ0n) is 13.7. The quantitative estimate of drug-likeness (QED) is 0.749. The Hall–Kier alpha value is -2.34. The summed E-state index contributed by atoms with van der Waals surface area (Å²) in [6.45, 7) is 2.86. The van der Waals surface area contributed by atoms with Gasteiger partial charge in [0, 0.05) is 30.9 Å². The predicted molar refractivity (Wildman–Crippen MR) is 91.9 cm³/mol. The first kappa shape index (κ1) is 16.5. The number of hydrogen-bond donors (Lipinski definition) is 3. The summed E-state index contributed by atoms with van der Waals surface area (Å²) in [7, 11) is 0. The molecule has 0 spiro atoms. The van der Waals surface area contributed by atoms with Gasteiger partial charge in [-0.15, -0.1) is 0 Å². The number of piperidine rings is 1. The molecular weight excluding hydrogens is 304 g/mol. The van der Waals surface area contributed by atoms with Gasteiger partial charge in [0.05, 0.1) is 0 Å². The van der Waals surface area contributed by atoms with Crippen LogP contribution in [0.2, 0.25) is 0 Å². The highest BCUT2D eigenvalue weighted by Gasteiger charge is 2.19. The normalized spacial score (nSPS) is 17.6. The maximum absolute atomic E-state index is 12.2. The van der Waals surface area contributed by atoms with E-state index < -0.39 is 0 Å². The SMILES string of the molecule is O=C(Cn1nccc1[C@@H]1CCCNC1)NCCc1ccc(O)cc1. The van der Waals surface area contributed by atoms with Gasteiger partial charge in [0.1, 0.15) is 12.3 Å². The fourth-order valence-electron chi connectivity index (χ4n) is 3.13. The Balaban J connectivity index is 1.48. The number of amides is 1. The first-order chi connectivity index (χ1) is 11.7. The van der Waals surface area contributed by atoms with Crippen LogP contribution in [-0.2, 0) is 17.8 Å². The second kappa shape index (κ2) is 7.97. The van der Waals surface area contributed by atoms with E-state index in [1.54, 1.807) is 18.3 Å². The van der Waals surface area contributed by atoms with Crippen LogP contribution in [0.5, 0.6) is 5.75 Å². The smallest absolute Gasteiger partial charge is 0.241 e. The number of phenols is 1. The molecule has 2 aromatic rings. The third kappa shape index (κ3) is 4.35. The zero-order chi connectivity index (χ0) is 16.8. The lowest BCUT2D eigenvalue weighted by Gasteiger charge is -2.23. The van der Waals surface area contributed by atoms with Crippen LogP contribution in [0.15, 0.2) is 36.5 Å². The van der Waals surface area contributed by atoms with Crippen molar-refractivity contribution in [3.63, 3.8) is 0 Å². The Bertz CT molecular complexity index is 660. The maximum atomic E-state index is 12.2. The molecule has 1 saturated heterocycles. The maximum Gasteiger partial charge on any atom is 0.241 e. The highest BCUT2D eigenvalue weighted by Crippen LogP contribution is 2.22. The molecule has 1 aromatic carbocycles. The predicted octanol–water partition coefficient (Wildman–Crippen LogP) is 1.41. The lowest BCUT2D eigenvalue weighted by molar-refractivity contribution is -0.121. The zero-order valence-corrected chi connectivity index (χ0v) is 13.7. The van der Waals surface area contributed by atoms with Crippen LogP contribution in [-0.4, -0.2) is 40.4 Å².